The minimum Gasteiger partial charge on any atom is -0.462 e. The molecule has 0 bridgehead atoms. The fourth-order valence-electron chi connectivity index (χ4n) is 2.47. The van der Waals surface area contributed by atoms with Gasteiger partial charge in [0.1, 0.15) is 16.3 Å². The Morgan fingerprint density at radius 3 is 2.73 bits per heavy atom. The van der Waals surface area contributed by atoms with Crippen molar-refractivity contribution in [3.05, 3.63) is 51.6 Å². The smallest absolute Gasteiger partial charge is 0.343 e. The van der Waals surface area contributed by atoms with Gasteiger partial charge in [-0.25, -0.2) is 14.8 Å². The molecule has 0 fully saturated rings. The Bertz CT molecular complexity index is 930. The van der Waals surface area contributed by atoms with Crippen LogP contribution in [0.15, 0.2) is 46.7 Å². The molecule has 26 heavy (non-hydrogen) atoms. The summed E-state index contributed by atoms with van der Waals surface area (Å²) in [7, 11) is 0. The van der Waals surface area contributed by atoms with Crippen LogP contribution in [0.5, 0.6) is 0 Å². The summed E-state index contributed by atoms with van der Waals surface area (Å²) in [5.74, 6) is -0.775. The summed E-state index contributed by atoms with van der Waals surface area (Å²) >= 11 is 1.27. The predicted octanol–water partition coefficient (Wildman–Crippen LogP) is 3.17. The number of allylic oxidation sites excluding steroid dienone is 1. The summed E-state index contributed by atoms with van der Waals surface area (Å²) in [5, 5.41) is 6.67. The second kappa shape index (κ2) is 7.49. The molecule has 0 radical (unpaired) electrons. The number of amidine groups is 1. The Balaban J connectivity index is 2.03. The van der Waals surface area contributed by atoms with E-state index in [0.29, 0.717) is 16.3 Å². The summed E-state index contributed by atoms with van der Waals surface area (Å²) in [6.07, 6.45) is 1.50. The molecule has 0 saturated carbocycles. The van der Waals surface area contributed by atoms with E-state index in [-0.39, 0.29) is 23.9 Å². The van der Waals surface area contributed by atoms with Crippen molar-refractivity contribution in [2.24, 2.45) is 4.99 Å². The maximum atomic E-state index is 12.6. The highest BCUT2D eigenvalue weighted by Gasteiger charge is 2.26. The molecule has 0 atom stereocenters. The topological polar surface area (TPSA) is 92.7 Å². The first kappa shape index (κ1) is 17.8. The zero-order valence-corrected chi connectivity index (χ0v) is 15.4. The monoisotopic (exact) mass is 370 g/mol. The van der Waals surface area contributed by atoms with Crippen LogP contribution < -0.4 is 10.6 Å². The molecule has 2 heterocycles. The number of nitrogens with zero attached hydrogens (tertiary/aromatic N) is 2. The van der Waals surface area contributed by atoms with Crippen LogP contribution in [0.4, 0.5) is 11.4 Å². The largest absolute Gasteiger partial charge is 0.462 e. The van der Waals surface area contributed by atoms with Gasteiger partial charge in [-0.2, -0.15) is 0 Å². The minimum absolute atomic E-state index is 0.148. The molecule has 2 N–H and O–H groups in total. The molecule has 1 aliphatic rings. The maximum Gasteiger partial charge on any atom is 0.343 e. The molecule has 134 valence electrons. The average molecular weight is 370 g/mol. The van der Waals surface area contributed by atoms with E-state index in [2.05, 4.69) is 20.6 Å². The maximum absolute atomic E-state index is 12.6. The van der Waals surface area contributed by atoms with Crippen LogP contribution in [-0.2, 0) is 9.53 Å². The van der Waals surface area contributed by atoms with Crippen molar-refractivity contribution in [1.82, 2.24) is 10.3 Å². The Labute approximate surface area is 154 Å². The minimum atomic E-state index is -0.551. The first-order chi connectivity index (χ1) is 12.5. The predicted molar refractivity (Wildman–Crippen MR) is 101 cm³/mol. The second-order valence-electron chi connectivity index (χ2n) is 5.52. The van der Waals surface area contributed by atoms with E-state index in [9.17, 15) is 9.59 Å². The highest BCUT2D eigenvalue weighted by molar-refractivity contribution is 7.13. The number of ether oxygens (including phenoxy) is 1. The molecule has 1 amide bonds. The number of carbonyl (C=O) groups excluding carboxylic acids is 2. The van der Waals surface area contributed by atoms with Gasteiger partial charge in [0.2, 0.25) is 0 Å². The lowest BCUT2D eigenvalue weighted by molar-refractivity contribution is -0.137. The normalized spacial score (nSPS) is 13.3. The number of esters is 1. The third kappa shape index (κ3) is 3.65. The number of para-hydroxylation sites is 2. The number of carbonyl (C=O) groups is 2. The van der Waals surface area contributed by atoms with Gasteiger partial charge in [0, 0.05) is 5.70 Å². The Morgan fingerprint density at radius 1 is 1.27 bits per heavy atom. The number of hydrogen-bond acceptors (Lipinski definition) is 7. The third-order valence-electron chi connectivity index (χ3n) is 3.63. The number of rotatable bonds is 3. The van der Waals surface area contributed by atoms with Gasteiger partial charge >= 0.3 is 5.97 Å². The van der Waals surface area contributed by atoms with E-state index in [4.69, 9.17) is 4.74 Å². The highest BCUT2D eigenvalue weighted by atomic mass is 32.1. The molecule has 0 unspecified atom stereocenters. The van der Waals surface area contributed by atoms with Gasteiger partial charge in [-0.1, -0.05) is 12.1 Å². The lowest BCUT2D eigenvalue weighted by Gasteiger charge is -2.12. The summed E-state index contributed by atoms with van der Waals surface area (Å²) in [5.41, 5.74) is 2.09. The van der Waals surface area contributed by atoms with Gasteiger partial charge < -0.3 is 15.4 Å². The SMILES string of the molecule is CCOC(=O)C1=C(C)Nc2ccccc2N=C1NC(=O)c1cnc(C)s1. The Morgan fingerprint density at radius 2 is 2.04 bits per heavy atom. The third-order valence-corrected chi connectivity index (χ3v) is 4.54. The first-order valence-corrected chi connectivity index (χ1v) is 8.88. The number of aromatic nitrogens is 1. The van der Waals surface area contributed by atoms with Gasteiger partial charge in [0.15, 0.2) is 0 Å². The molecule has 2 aromatic rings. The van der Waals surface area contributed by atoms with Gasteiger partial charge in [-0.3, -0.25) is 4.79 Å². The molecule has 0 saturated heterocycles. The lowest BCUT2D eigenvalue weighted by Crippen LogP contribution is -2.35. The van der Waals surface area contributed by atoms with Gasteiger partial charge in [-0.05, 0) is 32.9 Å². The van der Waals surface area contributed by atoms with Gasteiger partial charge in [-0.15, -0.1) is 11.3 Å². The second-order valence-corrected chi connectivity index (χ2v) is 6.76. The summed E-state index contributed by atoms with van der Waals surface area (Å²) in [6.45, 7) is 5.51. The number of hydrogen-bond donors (Lipinski definition) is 2. The van der Waals surface area contributed by atoms with Crippen molar-refractivity contribution in [1.29, 1.82) is 0 Å². The van der Waals surface area contributed by atoms with Crippen molar-refractivity contribution in [2.45, 2.75) is 20.8 Å². The number of aryl methyl sites for hydroxylation is 1. The van der Waals surface area contributed by atoms with Crippen LogP contribution in [0.2, 0.25) is 0 Å². The summed E-state index contributed by atoms with van der Waals surface area (Å²) in [4.78, 5) is 34.1. The Kier molecular flexibility index (Phi) is 5.13. The van der Waals surface area contributed by atoms with E-state index >= 15 is 0 Å². The van der Waals surface area contributed by atoms with Gasteiger partial charge in [0.05, 0.1) is 29.2 Å². The highest BCUT2D eigenvalue weighted by Crippen LogP contribution is 2.30. The molecule has 1 aliphatic heterocycles. The van der Waals surface area contributed by atoms with E-state index in [1.54, 1.807) is 19.9 Å². The fourth-order valence-corrected chi connectivity index (χ4v) is 3.15. The van der Waals surface area contributed by atoms with Crippen molar-refractivity contribution >= 4 is 40.4 Å². The van der Waals surface area contributed by atoms with Crippen molar-refractivity contribution in [2.75, 3.05) is 11.9 Å². The van der Waals surface area contributed by atoms with Crippen LogP contribution in [0.3, 0.4) is 0 Å². The van der Waals surface area contributed by atoms with Crippen LogP contribution in [0.25, 0.3) is 0 Å². The van der Waals surface area contributed by atoms with E-state index in [1.165, 1.54) is 17.5 Å². The number of nitrogens with one attached hydrogen (secondary N) is 2. The van der Waals surface area contributed by atoms with Crippen molar-refractivity contribution < 1.29 is 14.3 Å². The lowest BCUT2D eigenvalue weighted by atomic mass is 10.2. The fraction of sp³-hybridized carbons (Fsp3) is 0.222. The standard InChI is InChI=1S/C18H18N4O3S/c1-4-25-18(24)15-10(2)20-12-7-5-6-8-13(12)21-16(15)22-17(23)14-9-19-11(3)26-14/h5-9,20H,4H2,1-3H3,(H,21,22,23). The first-order valence-electron chi connectivity index (χ1n) is 8.06. The summed E-state index contributed by atoms with van der Waals surface area (Å²) in [6, 6.07) is 7.35. The molecule has 0 spiro atoms. The quantitative estimate of drug-likeness (QED) is 0.810. The molecule has 7 nitrogen and oxygen atoms in total. The number of anilines is 1. The van der Waals surface area contributed by atoms with E-state index < -0.39 is 5.97 Å². The molecule has 8 heteroatoms. The van der Waals surface area contributed by atoms with E-state index in [0.717, 1.165) is 10.7 Å². The van der Waals surface area contributed by atoms with Crippen LogP contribution >= 0.6 is 11.3 Å². The van der Waals surface area contributed by atoms with Crippen LogP contribution in [-0.4, -0.2) is 29.3 Å². The van der Waals surface area contributed by atoms with E-state index in [1.807, 2.05) is 25.1 Å². The number of aliphatic imine (C=N–C) groups is 1. The summed E-state index contributed by atoms with van der Waals surface area (Å²) < 4.78 is 5.15. The average Bonchev–Trinajstić information content (AvgIpc) is 2.97. The molecule has 0 aliphatic carbocycles. The molecule has 1 aromatic carbocycles. The van der Waals surface area contributed by atoms with Crippen molar-refractivity contribution in [3.63, 3.8) is 0 Å². The molecular weight excluding hydrogens is 352 g/mol. The Hall–Kier alpha value is -3.00. The number of thiazole rings is 1. The zero-order chi connectivity index (χ0) is 18.7. The molecular formula is C18H18N4O3S. The number of amides is 1. The van der Waals surface area contributed by atoms with Crippen LogP contribution in [0, 0.1) is 6.92 Å². The molecule has 1 aromatic heterocycles. The molecule has 3 rings (SSSR count). The van der Waals surface area contributed by atoms with Crippen LogP contribution in [0.1, 0.15) is 28.5 Å². The zero-order valence-electron chi connectivity index (χ0n) is 14.6. The van der Waals surface area contributed by atoms with Gasteiger partial charge in [0.25, 0.3) is 5.91 Å². The number of benzene rings is 1. The van der Waals surface area contributed by atoms with Crippen molar-refractivity contribution in [3.8, 4) is 0 Å². The number of fused-ring (bicyclic) bond motifs is 1.